The number of halogens is 1. The minimum Gasteiger partial charge on any atom is -0.357 e. The molecule has 5 nitrogen and oxygen atoms in total. The molecule has 0 unspecified atom stereocenters. The monoisotopic (exact) mass is 351 g/mol. The average molecular weight is 352 g/mol. The number of hydrogen-bond donors (Lipinski definition) is 1. The van der Waals surface area contributed by atoms with E-state index in [0.717, 1.165) is 24.5 Å². The van der Waals surface area contributed by atoms with Gasteiger partial charge in [-0.3, -0.25) is 0 Å². The highest BCUT2D eigenvalue weighted by atomic mass is 35.5. The second kappa shape index (κ2) is 6.86. The highest BCUT2D eigenvalue weighted by Crippen LogP contribution is 2.19. The maximum absolute atomic E-state index is 12.3. The summed E-state index contributed by atoms with van der Waals surface area (Å²) >= 11 is 5.79. The second-order valence-electron chi connectivity index (χ2n) is 5.49. The predicted octanol–water partition coefficient (Wildman–Crippen LogP) is 2.81. The largest absolute Gasteiger partial charge is 0.357 e. The summed E-state index contributed by atoms with van der Waals surface area (Å²) in [5.41, 5.74) is 0.888. The van der Waals surface area contributed by atoms with Crippen LogP contribution in [0.15, 0.2) is 47.5 Å². The van der Waals surface area contributed by atoms with Crippen molar-refractivity contribution in [1.29, 1.82) is 0 Å². The maximum atomic E-state index is 12.3. The number of rotatable bonds is 5. The molecular weight excluding hydrogens is 334 g/mol. The molecule has 1 aromatic heterocycles. The van der Waals surface area contributed by atoms with Crippen LogP contribution in [-0.2, 0) is 16.6 Å². The first-order valence-electron chi connectivity index (χ1n) is 7.50. The first kappa shape index (κ1) is 16.2. The highest BCUT2D eigenvalue weighted by molar-refractivity contribution is 7.89. The smallest absolute Gasteiger partial charge is 0.240 e. The van der Waals surface area contributed by atoms with Crippen LogP contribution >= 0.6 is 11.6 Å². The SMILES string of the molecule is O=S(=O)(NCc1ccnc(N2CCCC2)c1)c1ccc(Cl)cc1. The van der Waals surface area contributed by atoms with E-state index in [2.05, 4.69) is 14.6 Å². The maximum Gasteiger partial charge on any atom is 0.240 e. The van der Waals surface area contributed by atoms with Crippen molar-refractivity contribution < 1.29 is 8.42 Å². The van der Waals surface area contributed by atoms with E-state index >= 15 is 0 Å². The van der Waals surface area contributed by atoms with Crippen LogP contribution in [0.5, 0.6) is 0 Å². The van der Waals surface area contributed by atoms with E-state index in [9.17, 15) is 8.42 Å². The second-order valence-corrected chi connectivity index (χ2v) is 7.70. The van der Waals surface area contributed by atoms with Crippen LogP contribution in [0.25, 0.3) is 0 Å². The molecule has 1 N–H and O–H groups in total. The molecule has 0 saturated carbocycles. The van der Waals surface area contributed by atoms with Gasteiger partial charge in [-0.05, 0) is 54.8 Å². The fourth-order valence-corrected chi connectivity index (χ4v) is 3.71. The lowest BCUT2D eigenvalue weighted by Gasteiger charge is -2.17. The summed E-state index contributed by atoms with van der Waals surface area (Å²) in [7, 11) is -3.55. The number of benzene rings is 1. The molecule has 1 saturated heterocycles. The van der Waals surface area contributed by atoms with Gasteiger partial charge >= 0.3 is 0 Å². The van der Waals surface area contributed by atoms with Gasteiger partial charge < -0.3 is 4.90 Å². The van der Waals surface area contributed by atoms with E-state index < -0.39 is 10.0 Å². The number of nitrogens with zero attached hydrogens (tertiary/aromatic N) is 2. The van der Waals surface area contributed by atoms with Gasteiger partial charge in [-0.25, -0.2) is 18.1 Å². The van der Waals surface area contributed by atoms with Crippen LogP contribution in [0, 0.1) is 0 Å². The molecule has 1 aliphatic heterocycles. The van der Waals surface area contributed by atoms with E-state index in [1.807, 2.05) is 12.1 Å². The molecule has 3 rings (SSSR count). The van der Waals surface area contributed by atoms with Crippen molar-refractivity contribution in [2.45, 2.75) is 24.3 Å². The van der Waals surface area contributed by atoms with E-state index in [4.69, 9.17) is 11.6 Å². The molecule has 7 heteroatoms. The Labute approximate surface area is 141 Å². The number of anilines is 1. The Morgan fingerprint density at radius 2 is 1.83 bits per heavy atom. The standard InChI is InChI=1S/C16H18ClN3O2S/c17-14-3-5-15(6-4-14)23(21,22)19-12-13-7-8-18-16(11-13)20-9-1-2-10-20/h3-8,11,19H,1-2,9-10,12H2. The lowest BCUT2D eigenvalue weighted by molar-refractivity contribution is 0.581. The van der Waals surface area contributed by atoms with Crippen molar-refractivity contribution in [3.63, 3.8) is 0 Å². The van der Waals surface area contributed by atoms with Crippen molar-refractivity contribution in [3.8, 4) is 0 Å². The Kier molecular flexibility index (Phi) is 4.84. The summed E-state index contributed by atoms with van der Waals surface area (Å²) in [6.45, 7) is 2.24. The van der Waals surface area contributed by atoms with Gasteiger partial charge in [0.1, 0.15) is 5.82 Å². The number of aromatic nitrogens is 1. The summed E-state index contributed by atoms with van der Waals surface area (Å²) in [4.78, 5) is 6.79. The third-order valence-corrected chi connectivity index (χ3v) is 5.50. The topological polar surface area (TPSA) is 62.3 Å². The molecule has 122 valence electrons. The third kappa shape index (κ3) is 4.02. The molecule has 23 heavy (non-hydrogen) atoms. The molecule has 0 spiro atoms. The Bertz CT molecular complexity index is 772. The summed E-state index contributed by atoms with van der Waals surface area (Å²) in [5, 5.41) is 0.508. The Balaban J connectivity index is 1.70. The van der Waals surface area contributed by atoms with Gasteiger partial charge in [-0.15, -0.1) is 0 Å². The zero-order valence-corrected chi connectivity index (χ0v) is 14.1. The van der Waals surface area contributed by atoms with Gasteiger partial charge in [0.25, 0.3) is 0 Å². The van der Waals surface area contributed by atoms with Crippen LogP contribution < -0.4 is 9.62 Å². The highest BCUT2D eigenvalue weighted by Gasteiger charge is 2.16. The van der Waals surface area contributed by atoms with E-state index in [-0.39, 0.29) is 11.4 Å². The average Bonchev–Trinajstić information content (AvgIpc) is 3.08. The molecular formula is C16H18ClN3O2S. The van der Waals surface area contributed by atoms with Gasteiger partial charge in [0.15, 0.2) is 0 Å². The molecule has 0 radical (unpaired) electrons. The van der Waals surface area contributed by atoms with Crippen LogP contribution in [0.4, 0.5) is 5.82 Å². The Morgan fingerprint density at radius 3 is 2.52 bits per heavy atom. The minimum absolute atomic E-state index is 0.204. The summed E-state index contributed by atoms with van der Waals surface area (Å²) < 4.78 is 27.2. The predicted molar refractivity (Wildman–Crippen MR) is 91.2 cm³/mol. The Hall–Kier alpha value is -1.63. The summed E-state index contributed by atoms with van der Waals surface area (Å²) in [6.07, 6.45) is 4.07. The summed E-state index contributed by atoms with van der Waals surface area (Å²) in [6, 6.07) is 9.88. The van der Waals surface area contributed by atoms with Crippen LogP contribution in [0.3, 0.4) is 0 Å². The third-order valence-electron chi connectivity index (χ3n) is 3.83. The first-order chi connectivity index (χ1) is 11.0. The summed E-state index contributed by atoms with van der Waals surface area (Å²) in [5.74, 6) is 0.908. The lowest BCUT2D eigenvalue weighted by Crippen LogP contribution is -2.24. The molecule has 0 atom stereocenters. The van der Waals surface area contributed by atoms with Crippen molar-refractivity contribution in [2.75, 3.05) is 18.0 Å². The van der Waals surface area contributed by atoms with E-state index in [1.165, 1.54) is 25.0 Å². The van der Waals surface area contributed by atoms with Crippen molar-refractivity contribution >= 4 is 27.4 Å². The van der Waals surface area contributed by atoms with Crippen molar-refractivity contribution in [2.24, 2.45) is 0 Å². The Morgan fingerprint density at radius 1 is 1.13 bits per heavy atom. The minimum atomic E-state index is -3.55. The van der Waals surface area contributed by atoms with Gasteiger partial charge in [0.2, 0.25) is 10.0 Å². The zero-order valence-electron chi connectivity index (χ0n) is 12.6. The molecule has 2 heterocycles. The molecule has 0 amide bonds. The van der Waals surface area contributed by atoms with Gasteiger partial charge in [0.05, 0.1) is 4.90 Å². The van der Waals surface area contributed by atoms with Gasteiger partial charge in [0, 0.05) is 30.9 Å². The zero-order chi connectivity index (χ0) is 16.3. The quantitative estimate of drug-likeness (QED) is 0.899. The molecule has 2 aromatic rings. The molecule has 1 aliphatic rings. The number of pyridine rings is 1. The van der Waals surface area contributed by atoms with E-state index in [1.54, 1.807) is 18.3 Å². The van der Waals surface area contributed by atoms with Crippen molar-refractivity contribution in [1.82, 2.24) is 9.71 Å². The lowest BCUT2D eigenvalue weighted by atomic mass is 10.2. The molecule has 0 aliphatic carbocycles. The number of sulfonamides is 1. The molecule has 1 fully saturated rings. The number of hydrogen-bond acceptors (Lipinski definition) is 4. The molecule has 0 bridgehead atoms. The van der Waals surface area contributed by atoms with Gasteiger partial charge in [-0.1, -0.05) is 11.6 Å². The van der Waals surface area contributed by atoms with Gasteiger partial charge in [-0.2, -0.15) is 0 Å². The normalized spacial score (nSPS) is 15.1. The number of nitrogens with one attached hydrogen (secondary N) is 1. The fraction of sp³-hybridized carbons (Fsp3) is 0.312. The van der Waals surface area contributed by atoms with Crippen LogP contribution in [0.1, 0.15) is 18.4 Å². The first-order valence-corrected chi connectivity index (χ1v) is 9.36. The van der Waals surface area contributed by atoms with Crippen LogP contribution in [-0.4, -0.2) is 26.5 Å². The van der Waals surface area contributed by atoms with E-state index in [0.29, 0.717) is 5.02 Å². The van der Waals surface area contributed by atoms with Crippen molar-refractivity contribution in [3.05, 3.63) is 53.2 Å². The fourth-order valence-electron chi connectivity index (χ4n) is 2.57. The molecule has 1 aromatic carbocycles. The van der Waals surface area contributed by atoms with Crippen LogP contribution in [0.2, 0.25) is 5.02 Å².